The van der Waals surface area contributed by atoms with Crippen LogP contribution in [-0.2, 0) is 9.53 Å². The highest BCUT2D eigenvalue weighted by molar-refractivity contribution is 8.00. The van der Waals surface area contributed by atoms with E-state index in [1.54, 1.807) is 11.8 Å². The van der Waals surface area contributed by atoms with Crippen LogP contribution in [0.25, 0.3) is 0 Å². The maximum Gasteiger partial charge on any atom is 0.233 e. The minimum absolute atomic E-state index is 0.204. The maximum absolute atomic E-state index is 11.7. The molecule has 0 spiro atoms. The summed E-state index contributed by atoms with van der Waals surface area (Å²) in [5, 5.41) is 6.54. The molecule has 4 nitrogen and oxygen atoms in total. The van der Waals surface area contributed by atoms with E-state index < -0.39 is 0 Å². The summed E-state index contributed by atoms with van der Waals surface area (Å²) in [6.45, 7) is 3.66. The van der Waals surface area contributed by atoms with Crippen molar-refractivity contribution in [2.24, 2.45) is 0 Å². The van der Waals surface area contributed by atoms with Gasteiger partial charge in [0, 0.05) is 13.2 Å². The third kappa shape index (κ3) is 4.78. The normalized spacial score (nSPS) is 25.2. The third-order valence-electron chi connectivity index (χ3n) is 3.48. The van der Waals surface area contributed by atoms with E-state index >= 15 is 0 Å². The second kappa shape index (κ2) is 8.02. The van der Waals surface area contributed by atoms with Gasteiger partial charge in [-0.25, -0.2) is 0 Å². The fourth-order valence-electron chi connectivity index (χ4n) is 2.39. The quantitative estimate of drug-likeness (QED) is 0.712. The Morgan fingerprint density at radius 2 is 2.17 bits per heavy atom. The molecule has 104 valence electrons. The number of rotatable bonds is 6. The molecule has 0 aromatic rings. The number of hydrogen-bond acceptors (Lipinski definition) is 4. The molecule has 0 bridgehead atoms. The molecule has 0 saturated carbocycles. The summed E-state index contributed by atoms with van der Waals surface area (Å²) in [7, 11) is 0. The summed E-state index contributed by atoms with van der Waals surface area (Å²) in [6, 6.07) is 0. The summed E-state index contributed by atoms with van der Waals surface area (Å²) >= 11 is 1.79. The van der Waals surface area contributed by atoms with E-state index in [1.165, 1.54) is 6.42 Å². The van der Waals surface area contributed by atoms with Crippen molar-refractivity contribution < 1.29 is 9.53 Å². The molecule has 2 heterocycles. The van der Waals surface area contributed by atoms with Crippen LogP contribution in [-0.4, -0.2) is 49.3 Å². The van der Waals surface area contributed by atoms with Gasteiger partial charge in [0.05, 0.1) is 11.4 Å². The van der Waals surface area contributed by atoms with Crippen LogP contribution in [0, 0.1) is 0 Å². The Bertz CT molecular complexity index is 251. The summed E-state index contributed by atoms with van der Waals surface area (Å²) in [5.41, 5.74) is 0. The third-order valence-corrected chi connectivity index (χ3v) is 4.86. The van der Waals surface area contributed by atoms with Gasteiger partial charge < -0.3 is 15.4 Å². The standard InChI is InChI=1S/C13H24N2O2S/c16-13(12-3-1-10-18-12)15-6-2-9-17-11-4-7-14-8-5-11/h11-12,14H,1-10H2,(H,15,16). The fraction of sp³-hybridized carbons (Fsp3) is 0.923. The molecule has 2 rings (SSSR count). The molecule has 1 atom stereocenters. The van der Waals surface area contributed by atoms with Crippen molar-refractivity contribution in [1.82, 2.24) is 10.6 Å². The Balaban J connectivity index is 1.46. The summed E-state index contributed by atoms with van der Waals surface area (Å²) in [4.78, 5) is 11.7. The molecule has 0 aromatic heterocycles. The second-order valence-electron chi connectivity index (χ2n) is 4.97. The zero-order valence-electron chi connectivity index (χ0n) is 11.0. The number of nitrogens with one attached hydrogen (secondary N) is 2. The van der Waals surface area contributed by atoms with Gasteiger partial charge in [-0.15, -0.1) is 11.8 Å². The molecule has 2 saturated heterocycles. The van der Waals surface area contributed by atoms with Crippen LogP contribution in [0.5, 0.6) is 0 Å². The number of amides is 1. The molecule has 0 aromatic carbocycles. The highest BCUT2D eigenvalue weighted by atomic mass is 32.2. The summed E-state index contributed by atoms with van der Waals surface area (Å²) in [5.74, 6) is 1.36. The largest absolute Gasteiger partial charge is 0.378 e. The van der Waals surface area contributed by atoms with Gasteiger partial charge in [-0.1, -0.05) is 0 Å². The number of carbonyl (C=O) groups excluding carboxylic acids is 1. The molecule has 0 aliphatic carbocycles. The second-order valence-corrected chi connectivity index (χ2v) is 6.28. The first kappa shape index (κ1) is 14.2. The topological polar surface area (TPSA) is 50.4 Å². The zero-order chi connectivity index (χ0) is 12.6. The minimum Gasteiger partial charge on any atom is -0.378 e. The van der Waals surface area contributed by atoms with Crippen molar-refractivity contribution in [2.75, 3.05) is 32.0 Å². The Hall–Kier alpha value is -0.260. The minimum atomic E-state index is 0.204. The lowest BCUT2D eigenvalue weighted by atomic mass is 10.1. The van der Waals surface area contributed by atoms with Crippen molar-refractivity contribution in [2.45, 2.75) is 43.5 Å². The molecule has 2 fully saturated rings. The van der Waals surface area contributed by atoms with E-state index in [0.717, 1.165) is 57.7 Å². The van der Waals surface area contributed by atoms with Gasteiger partial charge in [0.25, 0.3) is 0 Å². The van der Waals surface area contributed by atoms with E-state index in [0.29, 0.717) is 6.10 Å². The van der Waals surface area contributed by atoms with Crippen molar-refractivity contribution in [3.05, 3.63) is 0 Å². The smallest absolute Gasteiger partial charge is 0.233 e. The highest BCUT2D eigenvalue weighted by Crippen LogP contribution is 2.25. The van der Waals surface area contributed by atoms with E-state index in [-0.39, 0.29) is 11.2 Å². The maximum atomic E-state index is 11.7. The van der Waals surface area contributed by atoms with Crippen LogP contribution in [0.2, 0.25) is 0 Å². The van der Waals surface area contributed by atoms with Crippen molar-refractivity contribution in [1.29, 1.82) is 0 Å². The Morgan fingerprint density at radius 3 is 2.89 bits per heavy atom. The average Bonchev–Trinajstić information content (AvgIpc) is 2.93. The Morgan fingerprint density at radius 1 is 1.33 bits per heavy atom. The Kier molecular flexibility index (Phi) is 6.31. The van der Waals surface area contributed by atoms with Crippen molar-refractivity contribution >= 4 is 17.7 Å². The first-order valence-electron chi connectivity index (χ1n) is 7.08. The lowest BCUT2D eigenvalue weighted by Gasteiger charge is -2.22. The van der Waals surface area contributed by atoms with Gasteiger partial charge in [0.1, 0.15) is 0 Å². The molecule has 2 N–H and O–H groups in total. The van der Waals surface area contributed by atoms with Gasteiger partial charge in [0.2, 0.25) is 5.91 Å². The van der Waals surface area contributed by atoms with Crippen molar-refractivity contribution in [3.8, 4) is 0 Å². The van der Waals surface area contributed by atoms with Gasteiger partial charge in [-0.05, 0) is 50.9 Å². The van der Waals surface area contributed by atoms with Crippen molar-refractivity contribution in [3.63, 3.8) is 0 Å². The molecule has 2 aliphatic rings. The van der Waals surface area contributed by atoms with Gasteiger partial charge >= 0.3 is 0 Å². The number of ether oxygens (including phenoxy) is 1. The summed E-state index contributed by atoms with van der Waals surface area (Å²) < 4.78 is 5.79. The van der Waals surface area contributed by atoms with E-state index in [2.05, 4.69) is 10.6 Å². The Labute approximate surface area is 114 Å². The monoisotopic (exact) mass is 272 g/mol. The molecule has 2 aliphatic heterocycles. The lowest BCUT2D eigenvalue weighted by molar-refractivity contribution is -0.120. The SMILES string of the molecule is O=C(NCCCOC1CCNCC1)C1CCCS1. The lowest BCUT2D eigenvalue weighted by Crippen LogP contribution is -2.34. The molecule has 1 unspecified atom stereocenters. The highest BCUT2D eigenvalue weighted by Gasteiger charge is 2.22. The first-order chi connectivity index (χ1) is 8.86. The van der Waals surface area contributed by atoms with Crippen LogP contribution in [0.3, 0.4) is 0 Å². The van der Waals surface area contributed by atoms with Gasteiger partial charge in [-0.3, -0.25) is 4.79 Å². The first-order valence-corrected chi connectivity index (χ1v) is 8.13. The molecule has 18 heavy (non-hydrogen) atoms. The predicted molar refractivity (Wildman–Crippen MR) is 75.0 cm³/mol. The number of carbonyl (C=O) groups is 1. The number of hydrogen-bond donors (Lipinski definition) is 2. The van der Waals surface area contributed by atoms with Crippen LogP contribution in [0.15, 0.2) is 0 Å². The molecule has 5 heteroatoms. The molecule has 0 radical (unpaired) electrons. The van der Waals surface area contributed by atoms with Crippen LogP contribution in [0.4, 0.5) is 0 Å². The molecular weight excluding hydrogens is 248 g/mol. The van der Waals surface area contributed by atoms with E-state index in [9.17, 15) is 4.79 Å². The van der Waals surface area contributed by atoms with Crippen LogP contribution in [0.1, 0.15) is 32.1 Å². The number of thioether (sulfide) groups is 1. The zero-order valence-corrected chi connectivity index (χ0v) is 11.8. The van der Waals surface area contributed by atoms with Crippen LogP contribution >= 0.6 is 11.8 Å². The molecule has 1 amide bonds. The average molecular weight is 272 g/mol. The van der Waals surface area contributed by atoms with Gasteiger partial charge in [-0.2, -0.15) is 0 Å². The number of piperidine rings is 1. The van der Waals surface area contributed by atoms with Gasteiger partial charge in [0.15, 0.2) is 0 Å². The molecular formula is C13H24N2O2S. The van der Waals surface area contributed by atoms with E-state index in [4.69, 9.17) is 4.74 Å². The van der Waals surface area contributed by atoms with Crippen LogP contribution < -0.4 is 10.6 Å². The summed E-state index contributed by atoms with van der Waals surface area (Å²) in [6.07, 6.45) is 5.81. The fourth-order valence-corrected chi connectivity index (χ4v) is 3.58. The van der Waals surface area contributed by atoms with E-state index in [1.807, 2.05) is 0 Å². The predicted octanol–water partition coefficient (Wildman–Crippen LogP) is 1.16.